The topological polar surface area (TPSA) is 24.7 Å². The molecule has 0 aromatic heterocycles. The van der Waals surface area contributed by atoms with Crippen LogP contribution in [0.4, 0.5) is 11.4 Å². The van der Waals surface area contributed by atoms with Gasteiger partial charge >= 0.3 is 0 Å². The lowest BCUT2D eigenvalue weighted by Crippen LogP contribution is -1.90. The highest BCUT2D eigenvalue weighted by molar-refractivity contribution is 5.51. The third-order valence-electron chi connectivity index (χ3n) is 3.20. The van der Waals surface area contributed by atoms with Crippen LogP contribution in [0.5, 0.6) is 0 Å². The van der Waals surface area contributed by atoms with Gasteiger partial charge in [0.15, 0.2) is 0 Å². The SMILES string of the molecule is CC.CCC.CCCc1cc(C)c(N=Nc2ccccc2)cc1C. The van der Waals surface area contributed by atoms with Gasteiger partial charge in [0.05, 0.1) is 11.4 Å². The summed E-state index contributed by atoms with van der Waals surface area (Å²) in [6.45, 7) is 14.7. The second-order valence-corrected chi connectivity index (χ2v) is 5.56. The highest BCUT2D eigenvalue weighted by atomic mass is 15.1. The summed E-state index contributed by atoms with van der Waals surface area (Å²) in [5, 5.41) is 8.64. The maximum Gasteiger partial charge on any atom is 0.0889 e. The van der Waals surface area contributed by atoms with E-state index in [-0.39, 0.29) is 0 Å². The number of nitrogens with zero attached hydrogens (tertiary/aromatic N) is 2. The lowest BCUT2D eigenvalue weighted by atomic mass is 10.0. The number of hydrogen-bond donors (Lipinski definition) is 0. The Bertz CT molecular complexity index is 586. The molecule has 0 N–H and O–H groups in total. The summed E-state index contributed by atoms with van der Waals surface area (Å²) >= 11 is 0. The molecule has 2 aromatic rings. The van der Waals surface area contributed by atoms with Crippen LogP contribution in [0, 0.1) is 13.8 Å². The predicted molar refractivity (Wildman–Crippen MR) is 108 cm³/mol. The van der Waals surface area contributed by atoms with Gasteiger partial charge in [-0.05, 0) is 55.2 Å². The lowest BCUT2D eigenvalue weighted by Gasteiger charge is -2.08. The van der Waals surface area contributed by atoms with Crippen molar-refractivity contribution in [2.45, 2.75) is 67.7 Å². The van der Waals surface area contributed by atoms with E-state index >= 15 is 0 Å². The average molecular weight is 327 g/mol. The maximum absolute atomic E-state index is 4.36. The van der Waals surface area contributed by atoms with Crippen molar-refractivity contribution < 1.29 is 0 Å². The molecule has 2 rings (SSSR count). The fraction of sp³-hybridized carbons (Fsp3) is 0.455. The molecule has 0 bridgehead atoms. The first-order chi connectivity index (χ1) is 11.6. The summed E-state index contributed by atoms with van der Waals surface area (Å²) in [5.41, 5.74) is 5.75. The Morgan fingerprint density at radius 1 is 0.792 bits per heavy atom. The summed E-state index contributed by atoms with van der Waals surface area (Å²) in [6.07, 6.45) is 3.55. The zero-order valence-electron chi connectivity index (χ0n) is 16.6. The van der Waals surface area contributed by atoms with Gasteiger partial charge in [0.25, 0.3) is 0 Å². The van der Waals surface area contributed by atoms with Crippen LogP contribution >= 0.6 is 0 Å². The van der Waals surface area contributed by atoms with Gasteiger partial charge in [-0.2, -0.15) is 10.2 Å². The van der Waals surface area contributed by atoms with Gasteiger partial charge in [-0.15, -0.1) is 0 Å². The second-order valence-electron chi connectivity index (χ2n) is 5.56. The quantitative estimate of drug-likeness (QED) is 0.507. The molecule has 2 aromatic carbocycles. The van der Waals surface area contributed by atoms with E-state index in [0.717, 1.165) is 17.8 Å². The van der Waals surface area contributed by atoms with Crippen molar-refractivity contribution in [2.75, 3.05) is 0 Å². The lowest BCUT2D eigenvalue weighted by molar-refractivity contribution is 0.910. The largest absolute Gasteiger partial charge is 0.151 e. The molecule has 0 atom stereocenters. The number of aryl methyl sites for hydroxylation is 3. The minimum absolute atomic E-state index is 0.886. The first-order valence-corrected chi connectivity index (χ1v) is 9.19. The molecule has 2 nitrogen and oxygen atoms in total. The van der Waals surface area contributed by atoms with E-state index in [4.69, 9.17) is 0 Å². The zero-order valence-corrected chi connectivity index (χ0v) is 16.6. The van der Waals surface area contributed by atoms with Crippen molar-refractivity contribution in [1.82, 2.24) is 0 Å². The Balaban J connectivity index is 0.000000952. The van der Waals surface area contributed by atoms with Crippen molar-refractivity contribution in [2.24, 2.45) is 10.2 Å². The summed E-state index contributed by atoms with van der Waals surface area (Å²) in [4.78, 5) is 0. The third kappa shape index (κ3) is 8.05. The van der Waals surface area contributed by atoms with Gasteiger partial charge in [0.2, 0.25) is 0 Å². The minimum atomic E-state index is 0.886. The molecule has 0 unspecified atom stereocenters. The van der Waals surface area contributed by atoms with Gasteiger partial charge < -0.3 is 0 Å². The standard InChI is InChI=1S/C17H20N2.C3H8.C2H6/c1-4-8-15-11-14(3)17(12-13(15)2)19-18-16-9-6-5-7-10-16;1-3-2;1-2/h5-7,9-12H,4,8H2,1-3H3;3H2,1-2H3;1-2H3. The number of rotatable bonds is 4. The van der Waals surface area contributed by atoms with Crippen LogP contribution in [0.1, 0.15) is 64.2 Å². The highest BCUT2D eigenvalue weighted by Crippen LogP contribution is 2.26. The molecule has 2 heteroatoms. The Labute approximate surface area is 149 Å². The summed E-state index contributed by atoms with van der Waals surface area (Å²) in [6, 6.07) is 14.2. The summed E-state index contributed by atoms with van der Waals surface area (Å²) in [5.74, 6) is 0. The van der Waals surface area contributed by atoms with Crippen molar-refractivity contribution in [1.29, 1.82) is 0 Å². The maximum atomic E-state index is 4.36. The van der Waals surface area contributed by atoms with Crippen molar-refractivity contribution in [3.05, 3.63) is 59.2 Å². The van der Waals surface area contributed by atoms with E-state index in [0.29, 0.717) is 0 Å². The first-order valence-electron chi connectivity index (χ1n) is 9.19. The second kappa shape index (κ2) is 13.5. The van der Waals surface area contributed by atoms with Crippen LogP contribution in [0.2, 0.25) is 0 Å². The normalized spacial score (nSPS) is 9.79. The van der Waals surface area contributed by atoms with Gasteiger partial charge in [-0.25, -0.2) is 0 Å². The molecule has 0 spiro atoms. The van der Waals surface area contributed by atoms with Gasteiger partial charge in [0, 0.05) is 0 Å². The minimum Gasteiger partial charge on any atom is -0.151 e. The first kappa shape index (κ1) is 22.0. The van der Waals surface area contributed by atoms with Crippen molar-refractivity contribution >= 4 is 11.4 Å². The zero-order chi connectivity index (χ0) is 18.4. The molecular weight excluding hydrogens is 292 g/mol. The van der Waals surface area contributed by atoms with E-state index in [9.17, 15) is 0 Å². The molecule has 0 aliphatic rings. The van der Waals surface area contributed by atoms with E-state index < -0.39 is 0 Å². The van der Waals surface area contributed by atoms with Crippen LogP contribution in [0.3, 0.4) is 0 Å². The number of hydrogen-bond acceptors (Lipinski definition) is 2. The van der Waals surface area contributed by atoms with Gasteiger partial charge in [-0.1, -0.05) is 71.7 Å². The molecule has 132 valence electrons. The summed E-state index contributed by atoms with van der Waals surface area (Å²) < 4.78 is 0. The molecular formula is C22H34N2. The highest BCUT2D eigenvalue weighted by Gasteiger charge is 2.03. The fourth-order valence-electron chi connectivity index (χ4n) is 2.11. The van der Waals surface area contributed by atoms with Crippen molar-refractivity contribution in [3.8, 4) is 0 Å². The monoisotopic (exact) mass is 326 g/mol. The Morgan fingerprint density at radius 2 is 1.38 bits per heavy atom. The van der Waals surface area contributed by atoms with Crippen LogP contribution in [0.25, 0.3) is 0 Å². The number of azo groups is 1. The molecule has 24 heavy (non-hydrogen) atoms. The third-order valence-corrected chi connectivity index (χ3v) is 3.20. The molecule has 0 fully saturated rings. The van der Waals surface area contributed by atoms with Gasteiger partial charge in [0.1, 0.15) is 0 Å². The number of benzene rings is 2. The van der Waals surface area contributed by atoms with E-state index in [1.807, 2.05) is 44.2 Å². The van der Waals surface area contributed by atoms with Crippen molar-refractivity contribution in [3.63, 3.8) is 0 Å². The Kier molecular flexibility index (Phi) is 12.4. The average Bonchev–Trinajstić information content (AvgIpc) is 2.60. The predicted octanol–water partition coefficient (Wildman–Crippen LogP) is 8.11. The van der Waals surface area contributed by atoms with E-state index in [2.05, 4.69) is 57.0 Å². The van der Waals surface area contributed by atoms with Crippen LogP contribution < -0.4 is 0 Å². The molecule has 0 heterocycles. The fourth-order valence-corrected chi connectivity index (χ4v) is 2.11. The molecule has 0 radical (unpaired) electrons. The molecule has 0 aliphatic carbocycles. The Morgan fingerprint density at radius 3 is 1.92 bits per heavy atom. The molecule has 0 amide bonds. The van der Waals surface area contributed by atoms with E-state index in [1.165, 1.54) is 29.5 Å². The molecule has 0 aliphatic heterocycles. The van der Waals surface area contributed by atoms with Crippen LogP contribution in [0.15, 0.2) is 52.7 Å². The molecule has 0 saturated carbocycles. The summed E-state index contributed by atoms with van der Waals surface area (Å²) in [7, 11) is 0. The van der Waals surface area contributed by atoms with Crippen LogP contribution in [-0.4, -0.2) is 0 Å². The van der Waals surface area contributed by atoms with Gasteiger partial charge in [-0.3, -0.25) is 0 Å². The molecule has 0 saturated heterocycles. The Hall–Kier alpha value is -1.96. The smallest absolute Gasteiger partial charge is 0.0889 e. The van der Waals surface area contributed by atoms with Crippen LogP contribution in [-0.2, 0) is 6.42 Å². The van der Waals surface area contributed by atoms with E-state index in [1.54, 1.807) is 0 Å².